The van der Waals surface area contributed by atoms with Gasteiger partial charge in [-0.3, -0.25) is 19.6 Å². The lowest BCUT2D eigenvalue weighted by Crippen LogP contribution is -2.38. The molecule has 0 fully saturated rings. The Kier molecular flexibility index (Phi) is 9.79. The summed E-state index contributed by atoms with van der Waals surface area (Å²) in [6.45, 7) is 5.40. The molecule has 0 bridgehead atoms. The number of benzene rings is 2. The SMILES string of the molecule is COc1cc(NC(C)CCCNc2c(NCCCC(C)Nc3cc(OC)cc4cccnc34)c(=O)c2=O)c2ncccc2c1. The maximum absolute atomic E-state index is 12.3. The Hall–Kier alpha value is -4.86. The molecule has 0 aliphatic carbocycles. The van der Waals surface area contributed by atoms with Gasteiger partial charge in [0.15, 0.2) is 0 Å². The third-order valence-corrected chi connectivity index (χ3v) is 7.77. The number of hydrogen-bond donors (Lipinski definition) is 4. The number of hydrogen-bond acceptors (Lipinski definition) is 10. The van der Waals surface area contributed by atoms with Gasteiger partial charge in [0.2, 0.25) is 0 Å². The fourth-order valence-corrected chi connectivity index (χ4v) is 5.43. The number of nitrogens with zero attached hydrogens (tertiary/aromatic N) is 2. The standard InChI is InChI=1S/C34H40N6O4/c1-21(39-27-19-25(43-3)17-23-11-7-15-35-29(23)27)9-5-13-37-31-32(34(42)33(31)41)38-14-6-10-22(2)40-28-20-26(44-4)18-24-12-8-16-36-30(24)28/h7-8,11-12,15-22,37-40H,5-6,9-10,13-14H2,1-4H3. The second-order valence-electron chi connectivity index (χ2n) is 11.1. The van der Waals surface area contributed by atoms with Crippen LogP contribution in [0.15, 0.2) is 70.5 Å². The van der Waals surface area contributed by atoms with Crippen LogP contribution in [0, 0.1) is 0 Å². The molecule has 0 radical (unpaired) electrons. The second-order valence-corrected chi connectivity index (χ2v) is 11.1. The van der Waals surface area contributed by atoms with Crippen molar-refractivity contribution in [3.8, 4) is 11.5 Å². The molecule has 0 aliphatic rings. The van der Waals surface area contributed by atoms with Gasteiger partial charge in [-0.2, -0.15) is 0 Å². The Labute approximate surface area is 256 Å². The fraction of sp³-hybridized carbons (Fsp3) is 0.353. The van der Waals surface area contributed by atoms with E-state index < -0.39 is 10.9 Å². The smallest absolute Gasteiger partial charge is 0.253 e. The summed E-state index contributed by atoms with van der Waals surface area (Å²) in [4.78, 5) is 33.6. The first-order chi connectivity index (χ1) is 21.4. The lowest BCUT2D eigenvalue weighted by Gasteiger charge is -2.19. The molecular formula is C34H40N6O4. The Morgan fingerprint density at radius 1 is 0.682 bits per heavy atom. The first kappa shape index (κ1) is 30.6. The van der Waals surface area contributed by atoms with Crippen molar-refractivity contribution in [2.24, 2.45) is 0 Å². The zero-order valence-corrected chi connectivity index (χ0v) is 25.7. The van der Waals surface area contributed by atoms with Crippen molar-refractivity contribution in [3.05, 3.63) is 81.4 Å². The Morgan fingerprint density at radius 2 is 1.11 bits per heavy atom. The van der Waals surface area contributed by atoms with Crippen LogP contribution in [0.1, 0.15) is 39.5 Å². The maximum atomic E-state index is 12.3. The minimum Gasteiger partial charge on any atom is -0.497 e. The average molecular weight is 597 g/mol. The van der Waals surface area contributed by atoms with Gasteiger partial charge in [0.25, 0.3) is 10.9 Å². The highest BCUT2D eigenvalue weighted by Gasteiger charge is 2.20. The minimum atomic E-state index is -0.458. The number of methoxy groups -OCH3 is 2. The van der Waals surface area contributed by atoms with Crippen molar-refractivity contribution < 1.29 is 9.47 Å². The summed E-state index contributed by atoms with van der Waals surface area (Å²) < 4.78 is 10.9. The second kappa shape index (κ2) is 14.1. The number of anilines is 4. The third-order valence-electron chi connectivity index (χ3n) is 7.77. The number of pyridine rings is 2. The molecule has 0 saturated carbocycles. The van der Waals surface area contributed by atoms with E-state index in [0.717, 1.165) is 70.4 Å². The summed E-state index contributed by atoms with van der Waals surface area (Å²) in [6.07, 6.45) is 6.92. The zero-order valence-electron chi connectivity index (χ0n) is 25.7. The van der Waals surface area contributed by atoms with E-state index in [9.17, 15) is 9.59 Å². The Bertz CT molecular complexity index is 1670. The van der Waals surface area contributed by atoms with Crippen LogP contribution in [0.25, 0.3) is 21.8 Å². The van der Waals surface area contributed by atoms with Gasteiger partial charge in [0.05, 0.1) is 36.6 Å². The molecule has 10 heteroatoms. The first-order valence-electron chi connectivity index (χ1n) is 15.1. The van der Waals surface area contributed by atoms with E-state index in [2.05, 4.69) is 45.1 Å². The highest BCUT2D eigenvalue weighted by atomic mass is 16.5. The van der Waals surface area contributed by atoms with Crippen LogP contribution in [-0.4, -0.2) is 49.4 Å². The van der Waals surface area contributed by atoms with Crippen LogP contribution in [0.2, 0.25) is 0 Å². The van der Waals surface area contributed by atoms with Gasteiger partial charge in [0.1, 0.15) is 22.9 Å². The molecular weight excluding hydrogens is 556 g/mol. The van der Waals surface area contributed by atoms with Gasteiger partial charge in [-0.05, 0) is 63.8 Å². The van der Waals surface area contributed by atoms with Gasteiger partial charge < -0.3 is 30.7 Å². The molecule has 0 aliphatic heterocycles. The van der Waals surface area contributed by atoms with Crippen LogP contribution in [0.4, 0.5) is 22.7 Å². The van der Waals surface area contributed by atoms with Crippen molar-refractivity contribution in [3.63, 3.8) is 0 Å². The van der Waals surface area contributed by atoms with E-state index in [0.29, 0.717) is 24.5 Å². The molecule has 44 heavy (non-hydrogen) atoms. The lowest BCUT2D eigenvalue weighted by atomic mass is 10.1. The topological polar surface area (TPSA) is 126 Å². The molecule has 2 unspecified atom stereocenters. The van der Waals surface area contributed by atoms with Crippen LogP contribution < -0.4 is 41.6 Å². The van der Waals surface area contributed by atoms with Crippen molar-refractivity contribution in [1.29, 1.82) is 0 Å². The van der Waals surface area contributed by atoms with E-state index >= 15 is 0 Å². The number of nitrogens with one attached hydrogen (secondary N) is 4. The van der Waals surface area contributed by atoms with Gasteiger partial charge in [-0.25, -0.2) is 0 Å². The highest BCUT2D eigenvalue weighted by Crippen LogP contribution is 2.30. The molecule has 0 amide bonds. The molecule has 2 atom stereocenters. The summed E-state index contributed by atoms with van der Waals surface area (Å²) in [5.74, 6) is 1.55. The van der Waals surface area contributed by atoms with Crippen LogP contribution in [0.3, 0.4) is 0 Å². The summed E-state index contributed by atoms with van der Waals surface area (Å²) in [6, 6.07) is 16.0. The molecule has 2 heterocycles. The minimum absolute atomic E-state index is 0.167. The fourth-order valence-electron chi connectivity index (χ4n) is 5.43. The first-order valence-corrected chi connectivity index (χ1v) is 15.1. The lowest BCUT2D eigenvalue weighted by molar-refractivity contribution is 0.415. The zero-order chi connectivity index (χ0) is 31.1. The third kappa shape index (κ3) is 7.02. The van der Waals surface area contributed by atoms with E-state index in [-0.39, 0.29) is 12.1 Å². The summed E-state index contributed by atoms with van der Waals surface area (Å²) in [5.41, 5.74) is 3.50. The monoisotopic (exact) mass is 596 g/mol. The van der Waals surface area contributed by atoms with E-state index in [1.54, 1.807) is 26.6 Å². The molecule has 5 rings (SSSR count). The van der Waals surface area contributed by atoms with Crippen LogP contribution >= 0.6 is 0 Å². The quantitative estimate of drug-likeness (QED) is 0.0822. The van der Waals surface area contributed by atoms with Gasteiger partial charge >= 0.3 is 0 Å². The van der Waals surface area contributed by atoms with Crippen LogP contribution in [0.5, 0.6) is 11.5 Å². The predicted molar refractivity (Wildman–Crippen MR) is 180 cm³/mol. The molecule has 4 N–H and O–H groups in total. The number of fused-ring (bicyclic) bond motifs is 2. The highest BCUT2D eigenvalue weighted by molar-refractivity contribution is 5.92. The van der Waals surface area contributed by atoms with Gasteiger partial charge in [-0.1, -0.05) is 12.1 Å². The largest absolute Gasteiger partial charge is 0.497 e. The van der Waals surface area contributed by atoms with Gasteiger partial charge in [0, 0.05) is 60.5 Å². The summed E-state index contributed by atoms with van der Waals surface area (Å²) in [5, 5.41) is 15.5. The number of rotatable bonds is 16. The molecule has 0 spiro atoms. The molecule has 230 valence electrons. The Morgan fingerprint density at radius 3 is 1.52 bits per heavy atom. The predicted octanol–water partition coefficient (Wildman–Crippen LogP) is 5.78. The molecule has 5 aromatic rings. The van der Waals surface area contributed by atoms with Crippen molar-refractivity contribution in [2.75, 3.05) is 48.6 Å². The molecule has 0 saturated heterocycles. The van der Waals surface area contributed by atoms with Crippen molar-refractivity contribution >= 4 is 44.6 Å². The van der Waals surface area contributed by atoms with Crippen molar-refractivity contribution in [1.82, 2.24) is 9.97 Å². The van der Waals surface area contributed by atoms with E-state index in [4.69, 9.17) is 9.47 Å². The normalized spacial score (nSPS) is 12.6. The van der Waals surface area contributed by atoms with Gasteiger partial charge in [-0.15, -0.1) is 0 Å². The summed E-state index contributed by atoms with van der Waals surface area (Å²) >= 11 is 0. The molecule has 3 aromatic carbocycles. The Balaban J connectivity index is 1.06. The van der Waals surface area contributed by atoms with E-state index in [1.807, 2.05) is 48.5 Å². The van der Waals surface area contributed by atoms with E-state index in [1.165, 1.54) is 0 Å². The molecule has 2 aromatic heterocycles. The molecule has 10 nitrogen and oxygen atoms in total. The number of ether oxygens (including phenoxy) is 2. The number of aromatic nitrogens is 2. The average Bonchev–Trinajstić information content (AvgIpc) is 3.04. The maximum Gasteiger partial charge on any atom is 0.253 e. The van der Waals surface area contributed by atoms with Crippen molar-refractivity contribution in [2.45, 2.75) is 51.6 Å². The van der Waals surface area contributed by atoms with Crippen LogP contribution in [-0.2, 0) is 0 Å². The summed E-state index contributed by atoms with van der Waals surface area (Å²) in [7, 11) is 3.31.